The Morgan fingerprint density at radius 3 is 3.00 bits per heavy atom. The first kappa shape index (κ1) is 13.3. The fourth-order valence-corrected chi connectivity index (χ4v) is 2.82. The SMILES string of the molecule is Cc1cc(CN2CCNC(C)C2)ccc1-n1cncn1. The fraction of sp³-hybridized carbons (Fsp3) is 0.467. The van der Waals surface area contributed by atoms with Crippen molar-refractivity contribution in [2.75, 3.05) is 19.6 Å². The normalized spacial score (nSPS) is 20.2. The van der Waals surface area contributed by atoms with Crippen molar-refractivity contribution >= 4 is 0 Å². The molecule has 1 aliphatic rings. The van der Waals surface area contributed by atoms with Crippen LogP contribution < -0.4 is 5.32 Å². The average molecular weight is 271 g/mol. The zero-order valence-corrected chi connectivity index (χ0v) is 12.1. The molecule has 1 saturated heterocycles. The molecule has 1 aliphatic heterocycles. The Morgan fingerprint density at radius 2 is 2.30 bits per heavy atom. The number of hydrogen-bond acceptors (Lipinski definition) is 4. The van der Waals surface area contributed by atoms with Crippen molar-refractivity contribution in [3.8, 4) is 5.69 Å². The Hall–Kier alpha value is -1.72. The summed E-state index contributed by atoms with van der Waals surface area (Å²) in [6.07, 6.45) is 3.30. The molecule has 0 aliphatic carbocycles. The number of aromatic nitrogens is 3. The molecule has 2 aromatic rings. The van der Waals surface area contributed by atoms with Crippen molar-refractivity contribution in [1.29, 1.82) is 0 Å². The lowest BCUT2D eigenvalue weighted by Crippen LogP contribution is -2.48. The van der Waals surface area contributed by atoms with Gasteiger partial charge in [0.25, 0.3) is 0 Å². The zero-order chi connectivity index (χ0) is 13.9. The fourth-order valence-electron chi connectivity index (χ4n) is 2.82. The molecule has 1 aromatic carbocycles. The number of piperazine rings is 1. The quantitative estimate of drug-likeness (QED) is 0.916. The molecule has 1 fully saturated rings. The van der Waals surface area contributed by atoms with Gasteiger partial charge in [-0.15, -0.1) is 0 Å². The van der Waals surface area contributed by atoms with Gasteiger partial charge in [-0.3, -0.25) is 4.90 Å². The minimum Gasteiger partial charge on any atom is -0.312 e. The van der Waals surface area contributed by atoms with Gasteiger partial charge in [-0.05, 0) is 31.0 Å². The van der Waals surface area contributed by atoms with Crippen LogP contribution in [0.5, 0.6) is 0 Å². The number of nitrogens with zero attached hydrogens (tertiary/aromatic N) is 4. The van der Waals surface area contributed by atoms with Gasteiger partial charge in [-0.2, -0.15) is 5.10 Å². The molecular formula is C15H21N5. The highest BCUT2D eigenvalue weighted by Gasteiger charge is 2.15. The average Bonchev–Trinajstić information content (AvgIpc) is 2.92. The smallest absolute Gasteiger partial charge is 0.138 e. The van der Waals surface area contributed by atoms with Gasteiger partial charge in [-0.25, -0.2) is 9.67 Å². The molecule has 5 heteroatoms. The summed E-state index contributed by atoms with van der Waals surface area (Å²) in [5, 5.41) is 7.67. The van der Waals surface area contributed by atoms with Crippen LogP contribution in [-0.2, 0) is 6.54 Å². The van der Waals surface area contributed by atoms with Crippen LogP contribution in [0.2, 0.25) is 0 Å². The number of benzene rings is 1. The summed E-state index contributed by atoms with van der Waals surface area (Å²) in [4.78, 5) is 6.51. The van der Waals surface area contributed by atoms with Gasteiger partial charge in [0, 0.05) is 32.2 Å². The molecule has 1 N–H and O–H groups in total. The summed E-state index contributed by atoms with van der Waals surface area (Å²) in [6.45, 7) is 8.70. The Kier molecular flexibility index (Phi) is 3.80. The van der Waals surface area contributed by atoms with Gasteiger partial charge in [0.15, 0.2) is 0 Å². The summed E-state index contributed by atoms with van der Waals surface area (Å²) >= 11 is 0. The molecule has 2 heterocycles. The molecule has 1 unspecified atom stereocenters. The van der Waals surface area contributed by atoms with E-state index in [1.807, 2.05) is 4.68 Å². The van der Waals surface area contributed by atoms with Crippen LogP contribution in [0.3, 0.4) is 0 Å². The van der Waals surface area contributed by atoms with E-state index in [9.17, 15) is 0 Å². The first-order valence-corrected chi connectivity index (χ1v) is 7.12. The minimum absolute atomic E-state index is 0.583. The van der Waals surface area contributed by atoms with E-state index in [-0.39, 0.29) is 0 Å². The first-order valence-electron chi connectivity index (χ1n) is 7.12. The van der Waals surface area contributed by atoms with E-state index in [4.69, 9.17) is 0 Å². The summed E-state index contributed by atoms with van der Waals surface area (Å²) in [6, 6.07) is 7.16. The van der Waals surface area contributed by atoms with Gasteiger partial charge < -0.3 is 5.32 Å². The van der Waals surface area contributed by atoms with Crippen LogP contribution in [0.25, 0.3) is 5.69 Å². The summed E-state index contributed by atoms with van der Waals surface area (Å²) in [5.74, 6) is 0. The van der Waals surface area contributed by atoms with E-state index >= 15 is 0 Å². The van der Waals surface area contributed by atoms with Gasteiger partial charge >= 0.3 is 0 Å². The summed E-state index contributed by atoms with van der Waals surface area (Å²) in [5.41, 5.74) is 3.69. The van der Waals surface area contributed by atoms with E-state index in [1.54, 1.807) is 12.7 Å². The number of aryl methyl sites for hydroxylation is 1. The van der Waals surface area contributed by atoms with Crippen molar-refractivity contribution in [3.63, 3.8) is 0 Å². The topological polar surface area (TPSA) is 46.0 Å². The molecule has 0 radical (unpaired) electrons. The molecule has 106 valence electrons. The monoisotopic (exact) mass is 271 g/mol. The standard InChI is InChI=1S/C15H21N5/c1-12-7-14(9-19-6-5-17-13(2)8-19)3-4-15(12)20-11-16-10-18-20/h3-4,7,10-11,13,17H,5-6,8-9H2,1-2H3. The maximum Gasteiger partial charge on any atom is 0.138 e. The summed E-state index contributed by atoms with van der Waals surface area (Å²) in [7, 11) is 0. The molecule has 3 rings (SSSR count). The van der Waals surface area contributed by atoms with Crippen LogP contribution in [0.4, 0.5) is 0 Å². The number of hydrogen-bond donors (Lipinski definition) is 1. The lowest BCUT2D eigenvalue weighted by molar-refractivity contribution is 0.199. The zero-order valence-electron chi connectivity index (χ0n) is 12.1. The van der Waals surface area contributed by atoms with Crippen LogP contribution in [0.15, 0.2) is 30.9 Å². The van der Waals surface area contributed by atoms with Crippen molar-refractivity contribution < 1.29 is 0 Å². The van der Waals surface area contributed by atoms with Crippen LogP contribution >= 0.6 is 0 Å². The number of nitrogens with one attached hydrogen (secondary N) is 1. The molecule has 0 amide bonds. The second-order valence-electron chi connectivity index (χ2n) is 5.55. The number of rotatable bonds is 3. The third-order valence-electron chi connectivity index (χ3n) is 3.79. The van der Waals surface area contributed by atoms with E-state index in [1.165, 1.54) is 11.1 Å². The molecule has 20 heavy (non-hydrogen) atoms. The van der Waals surface area contributed by atoms with E-state index in [2.05, 4.69) is 52.3 Å². The molecule has 1 atom stereocenters. The Labute approximate surface area is 119 Å². The van der Waals surface area contributed by atoms with Crippen LogP contribution in [0.1, 0.15) is 18.1 Å². The van der Waals surface area contributed by atoms with Crippen molar-refractivity contribution in [1.82, 2.24) is 25.0 Å². The largest absolute Gasteiger partial charge is 0.312 e. The molecule has 0 saturated carbocycles. The predicted octanol–water partition coefficient (Wildman–Crippen LogP) is 1.37. The Balaban J connectivity index is 1.74. The third-order valence-corrected chi connectivity index (χ3v) is 3.79. The lowest BCUT2D eigenvalue weighted by Gasteiger charge is -2.31. The van der Waals surface area contributed by atoms with Crippen LogP contribution in [-0.4, -0.2) is 45.3 Å². The highest BCUT2D eigenvalue weighted by Crippen LogP contribution is 2.16. The van der Waals surface area contributed by atoms with Gasteiger partial charge in [0.05, 0.1) is 5.69 Å². The van der Waals surface area contributed by atoms with E-state index in [0.29, 0.717) is 6.04 Å². The highest BCUT2D eigenvalue weighted by atomic mass is 15.3. The third kappa shape index (κ3) is 2.89. The highest BCUT2D eigenvalue weighted by molar-refractivity contribution is 5.41. The minimum atomic E-state index is 0.583. The van der Waals surface area contributed by atoms with Gasteiger partial charge in [0.2, 0.25) is 0 Å². The van der Waals surface area contributed by atoms with E-state index in [0.717, 1.165) is 31.9 Å². The van der Waals surface area contributed by atoms with Crippen molar-refractivity contribution in [3.05, 3.63) is 42.0 Å². The van der Waals surface area contributed by atoms with Gasteiger partial charge in [0.1, 0.15) is 12.7 Å². The van der Waals surface area contributed by atoms with Crippen molar-refractivity contribution in [2.24, 2.45) is 0 Å². The van der Waals surface area contributed by atoms with Gasteiger partial charge in [-0.1, -0.05) is 12.1 Å². The van der Waals surface area contributed by atoms with E-state index < -0.39 is 0 Å². The Bertz CT molecular complexity index is 564. The Morgan fingerprint density at radius 1 is 1.40 bits per heavy atom. The molecule has 0 spiro atoms. The first-order chi connectivity index (χ1) is 9.72. The van der Waals surface area contributed by atoms with Crippen LogP contribution in [0, 0.1) is 6.92 Å². The molecule has 0 bridgehead atoms. The lowest BCUT2D eigenvalue weighted by atomic mass is 10.1. The second-order valence-corrected chi connectivity index (χ2v) is 5.55. The molecular weight excluding hydrogens is 250 g/mol. The molecule has 5 nitrogen and oxygen atoms in total. The maximum atomic E-state index is 4.19. The van der Waals surface area contributed by atoms with Crippen molar-refractivity contribution in [2.45, 2.75) is 26.4 Å². The molecule has 1 aromatic heterocycles. The summed E-state index contributed by atoms with van der Waals surface area (Å²) < 4.78 is 1.81. The predicted molar refractivity (Wildman–Crippen MR) is 78.8 cm³/mol. The second kappa shape index (κ2) is 5.73. The maximum absolute atomic E-state index is 4.19.